The van der Waals surface area contributed by atoms with Crippen molar-refractivity contribution in [2.24, 2.45) is 0 Å². The SMILES string of the molecule is CCc1c(C)c(C#N)c2nc3ccccc3n2c1Nc1ccccn1. The predicted molar refractivity (Wildman–Crippen MR) is 99.0 cm³/mol. The highest BCUT2D eigenvalue weighted by Gasteiger charge is 2.20. The average Bonchev–Trinajstić information content (AvgIpc) is 3.02. The third kappa shape index (κ3) is 2.31. The maximum atomic E-state index is 9.71. The van der Waals surface area contributed by atoms with E-state index in [-0.39, 0.29) is 0 Å². The Morgan fingerprint density at radius 1 is 1.16 bits per heavy atom. The molecule has 0 aliphatic rings. The van der Waals surface area contributed by atoms with Crippen LogP contribution in [0.5, 0.6) is 0 Å². The number of rotatable bonds is 3. The van der Waals surface area contributed by atoms with E-state index in [0.717, 1.165) is 40.2 Å². The van der Waals surface area contributed by atoms with Gasteiger partial charge >= 0.3 is 0 Å². The van der Waals surface area contributed by atoms with E-state index < -0.39 is 0 Å². The van der Waals surface area contributed by atoms with Gasteiger partial charge in [0.05, 0.1) is 16.6 Å². The number of nitrogens with one attached hydrogen (secondary N) is 1. The van der Waals surface area contributed by atoms with Gasteiger partial charge in [-0.2, -0.15) is 5.26 Å². The molecule has 25 heavy (non-hydrogen) atoms. The molecule has 0 radical (unpaired) electrons. The van der Waals surface area contributed by atoms with Crippen LogP contribution in [-0.2, 0) is 6.42 Å². The van der Waals surface area contributed by atoms with Crippen molar-refractivity contribution < 1.29 is 0 Å². The third-order valence-corrected chi connectivity index (χ3v) is 4.50. The molecule has 0 atom stereocenters. The number of aromatic nitrogens is 3. The summed E-state index contributed by atoms with van der Waals surface area (Å²) >= 11 is 0. The minimum Gasteiger partial charge on any atom is -0.326 e. The average molecular weight is 327 g/mol. The van der Waals surface area contributed by atoms with Gasteiger partial charge in [0.2, 0.25) is 0 Å². The first kappa shape index (κ1) is 15.2. The van der Waals surface area contributed by atoms with Crippen molar-refractivity contribution in [3.8, 4) is 6.07 Å². The van der Waals surface area contributed by atoms with Gasteiger partial charge in [0, 0.05) is 6.20 Å². The molecule has 0 fully saturated rings. The van der Waals surface area contributed by atoms with Gasteiger partial charge in [-0.3, -0.25) is 4.40 Å². The monoisotopic (exact) mass is 327 g/mol. The van der Waals surface area contributed by atoms with Gasteiger partial charge in [-0.05, 0) is 48.7 Å². The molecule has 0 bridgehead atoms. The van der Waals surface area contributed by atoms with Crippen LogP contribution in [0.15, 0.2) is 48.7 Å². The normalized spacial score (nSPS) is 10.9. The minimum absolute atomic E-state index is 0.625. The van der Waals surface area contributed by atoms with Crippen LogP contribution in [0.3, 0.4) is 0 Å². The molecule has 1 aromatic carbocycles. The molecule has 4 rings (SSSR count). The lowest BCUT2D eigenvalue weighted by atomic mass is 10.0. The first-order chi connectivity index (χ1) is 12.2. The maximum absolute atomic E-state index is 9.71. The third-order valence-electron chi connectivity index (χ3n) is 4.50. The van der Waals surface area contributed by atoms with Gasteiger partial charge in [-0.25, -0.2) is 9.97 Å². The predicted octanol–water partition coefficient (Wildman–Crippen LogP) is 4.37. The van der Waals surface area contributed by atoms with Crippen LogP contribution < -0.4 is 5.32 Å². The van der Waals surface area contributed by atoms with Gasteiger partial charge in [0.15, 0.2) is 5.65 Å². The maximum Gasteiger partial charge on any atom is 0.157 e. The Hall–Kier alpha value is -3.39. The number of benzene rings is 1. The lowest BCUT2D eigenvalue weighted by Crippen LogP contribution is -2.08. The molecule has 3 heterocycles. The number of hydrogen-bond donors (Lipinski definition) is 1. The summed E-state index contributed by atoms with van der Waals surface area (Å²) < 4.78 is 2.04. The fourth-order valence-electron chi connectivity index (χ4n) is 3.31. The summed E-state index contributed by atoms with van der Waals surface area (Å²) in [5.41, 5.74) is 5.21. The molecule has 0 spiro atoms. The van der Waals surface area contributed by atoms with Gasteiger partial charge in [-0.1, -0.05) is 25.1 Å². The Morgan fingerprint density at radius 3 is 2.68 bits per heavy atom. The standard InChI is InChI=1S/C20H17N5/c1-3-14-13(2)15(12-21)20-23-16-8-4-5-9-17(16)25(20)19(14)24-18-10-6-7-11-22-18/h4-11H,3H2,1-2H3,(H,22,24). The zero-order chi connectivity index (χ0) is 17.4. The molecule has 0 unspecified atom stereocenters. The Kier molecular flexibility index (Phi) is 3.58. The van der Waals surface area contributed by atoms with Gasteiger partial charge < -0.3 is 5.32 Å². The lowest BCUT2D eigenvalue weighted by Gasteiger charge is -2.17. The Bertz CT molecular complexity index is 1120. The molecule has 4 aromatic rings. The molecule has 0 saturated carbocycles. The van der Waals surface area contributed by atoms with E-state index in [0.29, 0.717) is 11.2 Å². The fraction of sp³-hybridized carbons (Fsp3) is 0.150. The number of imidazole rings is 1. The molecule has 122 valence electrons. The molecule has 5 nitrogen and oxygen atoms in total. The first-order valence-electron chi connectivity index (χ1n) is 8.25. The highest BCUT2D eigenvalue weighted by Crippen LogP contribution is 2.32. The number of fused-ring (bicyclic) bond motifs is 3. The van der Waals surface area contributed by atoms with Crippen LogP contribution in [0.25, 0.3) is 16.7 Å². The van der Waals surface area contributed by atoms with Crippen LogP contribution >= 0.6 is 0 Å². The zero-order valence-electron chi connectivity index (χ0n) is 14.1. The number of para-hydroxylation sites is 2. The second-order valence-corrected chi connectivity index (χ2v) is 5.89. The number of anilines is 2. The van der Waals surface area contributed by atoms with Crippen molar-refractivity contribution in [2.45, 2.75) is 20.3 Å². The summed E-state index contributed by atoms with van der Waals surface area (Å²) in [5, 5.41) is 13.1. The van der Waals surface area contributed by atoms with Crippen LogP contribution in [0.4, 0.5) is 11.6 Å². The molecular formula is C20H17N5. The smallest absolute Gasteiger partial charge is 0.157 e. The van der Waals surface area contributed by atoms with E-state index in [1.165, 1.54) is 0 Å². The van der Waals surface area contributed by atoms with Gasteiger partial charge in [0.1, 0.15) is 17.7 Å². The summed E-state index contributed by atoms with van der Waals surface area (Å²) in [6.07, 6.45) is 2.56. The van der Waals surface area contributed by atoms with Crippen molar-refractivity contribution in [3.05, 3.63) is 65.4 Å². The summed E-state index contributed by atoms with van der Waals surface area (Å²) in [5.74, 6) is 1.68. The van der Waals surface area contributed by atoms with Crippen molar-refractivity contribution in [1.29, 1.82) is 5.26 Å². The summed E-state index contributed by atoms with van der Waals surface area (Å²) in [6, 6.07) is 16.0. The number of nitriles is 1. The Labute approximate surface area is 145 Å². The molecule has 0 aliphatic heterocycles. The van der Waals surface area contributed by atoms with Crippen molar-refractivity contribution >= 4 is 28.3 Å². The number of hydrogen-bond acceptors (Lipinski definition) is 4. The zero-order valence-corrected chi connectivity index (χ0v) is 14.1. The summed E-state index contributed by atoms with van der Waals surface area (Å²) in [6.45, 7) is 4.08. The quantitative estimate of drug-likeness (QED) is 0.607. The largest absolute Gasteiger partial charge is 0.326 e. The van der Waals surface area contributed by atoms with E-state index in [1.54, 1.807) is 6.20 Å². The van der Waals surface area contributed by atoms with Crippen LogP contribution in [0, 0.1) is 18.3 Å². The summed E-state index contributed by atoms with van der Waals surface area (Å²) in [7, 11) is 0. The van der Waals surface area contributed by atoms with Crippen LogP contribution in [-0.4, -0.2) is 14.4 Å². The summed E-state index contributed by atoms with van der Waals surface area (Å²) in [4.78, 5) is 9.09. The Balaban J connectivity index is 2.13. The van der Waals surface area contributed by atoms with Crippen molar-refractivity contribution in [3.63, 3.8) is 0 Å². The minimum atomic E-state index is 0.625. The van der Waals surface area contributed by atoms with E-state index in [2.05, 4.69) is 23.3 Å². The van der Waals surface area contributed by atoms with E-state index in [1.807, 2.05) is 53.8 Å². The highest BCUT2D eigenvalue weighted by atomic mass is 15.1. The fourth-order valence-corrected chi connectivity index (χ4v) is 3.31. The molecule has 0 saturated heterocycles. The molecule has 3 aromatic heterocycles. The first-order valence-corrected chi connectivity index (χ1v) is 8.25. The molecule has 0 aliphatic carbocycles. The van der Waals surface area contributed by atoms with Gasteiger partial charge in [0.25, 0.3) is 0 Å². The lowest BCUT2D eigenvalue weighted by molar-refractivity contribution is 1.05. The molecule has 0 amide bonds. The van der Waals surface area contributed by atoms with E-state index in [9.17, 15) is 5.26 Å². The van der Waals surface area contributed by atoms with Crippen LogP contribution in [0.1, 0.15) is 23.6 Å². The van der Waals surface area contributed by atoms with E-state index in [4.69, 9.17) is 4.98 Å². The van der Waals surface area contributed by atoms with E-state index >= 15 is 0 Å². The molecular weight excluding hydrogens is 310 g/mol. The van der Waals surface area contributed by atoms with Gasteiger partial charge in [-0.15, -0.1) is 0 Å². The highest BCUT2D eigenvalue weighted by molar-refractivity contribution is 5.86. The molecule has 1 N–H and O–H groups in total. The number of pyridine rings is 2. The topological polar surface area (TPSA) is 66.0 Å². The second kappa shape index (κ2) is 5.91. The molecule has 5 heteroatoms. The van der Waals surface area contributed by atoms with Crippen molar-refractivity contribution in [2.75, 3.05) is 5.32 Å². The van der Waals surface area contributed by atoms with Crippen LogP contribution in [0.2, 0.25) is 0 Å². The van der Waals surface area contributed by atoms with Crippen molar-refractivity contribution in [1.82, 2.24) is 14.4 Å². The second-order valence-electron chi connectivity index (χ2n) is 5.89. The number of nitrogens with zero attached hydrogens (tertiary/aromatic N) is 4. The Morgan fingerprint density at radius 2 is 1.96 bits per heavy atom.